The summed E-state index contributed by atoms with van der Waals surface area (Å²) < 4.78 is 0. The van der Waals surface area contributed by atoms with Crippen molar-refractivity contribution in [2.24, 2.45) is 11.7 Å². The number of rotatable bonds is 5. The van der Waals surface area contributed by atoms with Gasteiger partial charge in [0.2, 0.25) is 11.8 Å². The highest BCUT2D eigenvalue weighted by Gasteiger charge is 2.51. The van der Waals surface area contributed by atoms with Crippen molar-refractivity contribution in [3.8, 4) is 12.1 Å². The van der Waals surface area contributed by atoms with Gasteiger partial charge in [0.05, 0.1) is 35.8 Å². The topological polar surface area (TPSA) is 117 Å². The summed E-state index contributed by atoms with van der Waals surface area (Å²) in [5, 5.41) is 18.6. The van der Waals surface area contributed by atoms with Crippen molar-refractivity contribution in [1.29, 1.82) is 10.5 Å². The van der Waals surface area contributed by atoms with E-state index < -0.39 is 6.04 Å². The number of amides is 2. The van der Waals surface area contributed by atoms with E-state index in [9.17, 15) is 14.9 Å². The van der Waals surface area contributed by atoms with Crippen molar-refractivity contribution in [2.75, 3.05) is 20.1 Å². The van der Waals surface area contributed by atoms with Gasteiger partial charge in [-0.3, -0.25) is 14.5 Å². The highest BCUT2D eigenvalue weighted by Crippen LogP contribution is 2.45. The van der Waals surface area contributed by atoms with E-state index >= 15 is 0 Å². The van der Waals surface area contributed by atoms with Crippen molar-refractivity contribution >= 4 is 11.8 Å². The Kier molecular flexibility index (Phi) is 7.44. The average Bonchev–Trinajstić information content (AvgIpc) is 3.41. The molecule has 2 amide bonds. The first-order valence-electron chi connectivity index (χ1n) is 12.9. The minimum absolute atomic E-state index is 0.0467. The van der Waals surface area contributed by atoms with Crippen LogP contribution in [0.1, 0.15) is 68.7 Å². The van der Waals surface area contributed by atoms with E-state index in [4.69, 9.17) is 11.0 Å². The summed E-state index contributed by atoms with van der Waals surface area (Å²) in [4.78, 5) is 32.0. The summed E-state index contributed by atoms with van der Waals surface area (Å²) in [6.07, 6.45) is 5.15. The Morgan fingerprint density at radius 3 is 2.71 bits per heavy atom. The predicted molar refractivity (Wildman–Crippen MR) is 132 cm³/mol. The quantitative estimate of drug-likeness (QED) is 0.697. The van der Waals surface area contributed by atoms with Gasteiger partial charge in [-0.25, -0.2) is 0 Å². The molecule has 4 aliphatic rings. The van der Waals surface area contributed by atoms with E-state index in [0.717, 1.165) is 43.2 Å². The van der Waals surface area contributed by atoms with Gasteiger partial charge in [0, 0.05) is 19.1 Å². The van der Waals surface area contributed by atoms with Crippen LogP contribution in [-0.4, -0.2) is 70.8 Å². The molecule has 1 aromatic rings. The molecule has 8 nitrogen and oxygen atoms in total. The zero-order chi connectivity index (χ0) is 25.3. The SMILES string of the molecule is CC.CN(CC(N)C(=O)N1C(C#N)CCC2CC21)C1CCN(C2CCc3cc(C#N)ccc32)C1=O. The molecule has 0 aromatic heterocycles. The first kappa shape index (κ1) is 25.2. The molecule has 1 saturated carbocycles. The van der Waals surface area contributed by atoms with Crippen LogP contribution in [0.15, 0.2) is 18.2 Å². The molecule has 6 unspecified atom stereocenters. The zero-order valence-corrected chi connectivity index (χ0v) is 21.0. The van der Waals surface area contributed by atoms with Gasteiger partial charge in [0.1, 0.15) is 6.04 Å². The molecule has 5 rings (SSSR count). The number of hydrogen-bond donors (Lipinski definition) is 1. The number of nitriles is 2. The Hall–Kier alpha value is -2.94. The average molecular weight is 477 g/mol. The van der Waals surface area contributed by atoms with Gasteiger partial charge in [-0.05, 0) is 74.8 Å². The lowest BCUT2D eigenvalue weighted by Crippen LogP contribution is -2.55. The number of piperidine rings is 1. The fourth-order valence-corrected chi connectivity index (χ4v) is 6.17. The first-order valence-corrected chi connectivity index (χ1v) is 12.9. The van der Waals surface area contributed by atoms with E-state index in [-0.39, 0.29) is 36.0 Å². The molecule has 186 valence electrons. The van der Waals surface area contributed by atoms with Crippen LogP contribution in [0.3, 0.4) is 0 Å². The summed E-state index contributed by atoms with van der Waals surface area (Å²) in [6.45, 7) is 4.97. The standard InChI is InChI=1S/C25H30N6O2.C2H6/c1-29(14-20(28)24(32)31-18(13-27)5-3-17-11-23(17)31)22-8-9-30(25(22)33)21-7-4-16-10-15(12-26)2-6-19(16)21;1-2/h2,6,10,17-18,20-23H,3-5,7-9,11,14,28H2,1H3;1-2H3. The van der Waals surface area contributed by atoms with E-state index in [1.165, 1.54) is 0 Å². The van der Waals surface area contributed by atoms with Crippen LogP contribution >= 0.6 is 0 Å². The Morgan fingerprint density at radius 2 is 2.00 bits per heavy atom. The van der Waals surface area contributed by atoms with E-state index in [0.29, 0.717) is 31.0 Å². The lowest BCUT2D eigenvalue weighted by Gasteiger charge is -2.35. The largest absolute Gasteiger partial charge is 0.334 e. The maximum Gasteiger partial charge on any atom is 0.242 e. The second kappa shape index (κ2) is 10.4. The molecule has 2 aliphatic carbocycles. The molecule has 8 heteroatoms. The van der Waals surface area contributed by atoms with Gasteiger partial charge >= 0.3 is 0 Å². The second-order valence-electron chi connectivity index (χ2n) is 9.99. The zero-order valence-electron chi connectivity index (χ0n) is 21.0. The highest BCUT2D eigenvalue weighted by atomic mass is 16.2. The molecule has 0 bridgehead atoms. The van der Waals surface area contributed by atoms with Gasteiger partial charge in [0.15, 0.2) is 0 Å². The van der Waals surface area contributed by atoms with Crippen LogP contribution in [0.5, 0.6) is 0 Å². The number of benzene rings is 1. The Bertz CT molecular complexity index is 1060. The van der Waals surface area contributed by atoms with Gasteiger partial charge in [-0.15, -0.1) is 0 Å². The summed E-state index contributed by atoms with van der Waals surface area (Å²) in [5.74, 6) is 0.433. The molecular weight excluding hydrogens is 440 g/mol. The van der Waals surface area contributed by atoms with Gasteiger partial charge in [-0.1, -0.05) is 19.9 Å². The number of likely N-dealkylation sites (N-methyl/N-ethyl adjacent to an activating group) is 1. The lowest BCUT2D eigenvalue weighted by atomic mass is 10.0. The minimum atomic E-state index is -0.747. The van der Waals surface area contributed by atoms with Crippen molar-refractivity contribution in [2.45, 2.75) is 82.6 Å². The Balaban J connectivity index is 0.00000141. The number of carbonyl (C=O) groups excluding carboxylic acids is 2. The molecule has 0 radical (unpaired) electrons. The van der Waals surface area contributed by atoms with E-state index in [1.54, 1.807) is 4.90 Å². The van der Waals surface area contributed by atoms with Gasteiger partial charge in [0.25, 0.3) is 0 Å². The third-order valence-electron chi connectivity index (χ3n) is 8.03. The van der Waals surface area contributed by atoms with Crippen molar-refractivity contribution < 1.29 is 9.59 Å². The molecular formula is C27H36N6O2. The molecule has 6 atom stereocenters. The number of aryl methyl sites for hydroxylation is 1. The maximum atomic E-state index is 13.3. The fourth-order valence-electron chi connectivity index (χ4n) is 6.17. The third-order valence-corrected chi connectivity index (χ3v) is 8.03. The maximum absolute atomic E-state index is 13.3. The predicted octanol–water partition coefficient (Wildman–Crippen LogP) is 2.33. The molecule has 35 heavy (non-hydrogen) atoms. The molecule has 2 N–H and O–H groups in total. The fraction of sp³-hybridized carbons (Fsp3) is 0.630. The number of likely N-dealkylation sites (tertiary alicyclic amines) is 2. The van der Waals surface area contributed by atoms with Crippen LogP contribution < -0.4 is 5.73 Å². The number of hydrogen-bond acceptors (Lipinski definition) is 6. The van der Waals surface area contributed by atoms with Crippen LogP contribution in [-0.2, 0) is 16.0 Å². The lowest BCUT2D eigenvalue weighted by molar-refractivity contribution is -0.138. The summed E-state index contributed by atoms with van der Waals surface area (Å²) in [6, 6.07) is 8.99. The monoisotopic (exact) mass is 476 g/mol. The second-order valence-corrected chi connectivity index (χ2v) is 9.99. The molecule has 2 heterocycles. The van der Waals surface area contributed by atoms with Crippen molar-refractivity contribution in [3.63, 3.8) is 0 Å². The molecule has 3 fully saturated rings. The van der Waals surface area contributed by atoms with Crippen LogP contribution in [0.2, 0.25) is 0 Å². The summed E-state index contributed by atoms with van der Waals surface area (Å²) >= 11 is 0. The van der Waals surface area contributed by atoms with Gasteiger partial charge < -0.3 is 15.5 Å². The minimum Gasteiger partial charge on any atom is -0.334 e. The smallest absolute Gasteiger partial charge is 0.242 e. The Labute approximate surface area is 208 Å². The van der Waals surface area contributed by atoms with Crippen molar-refractivity contribution in [3.05, 3.63) is 34.9 Å². The number of nitrogens with zero attached hydrogens (tertiary/aromatic N) is 5. The number of nitrogens with two attached hydrogens (primary N) is 1. The van der Waals surface area contributed by atoms with E-state index in [2.05, 4.69) is 12.1 Å². The number of carbonyl (C=O) groups is 2. The number of fused-ring (bicyclic) bond motifs is 2. The molecule has 2 aliphatic heterocycles. The third kappa shape index (κ3) is 4.66. The normalized spacial score (nSPS) is 29.5. The van der Waals surface area contributed by atoms with Crippen LogP contribution in [0.4, 0.5) is 0 Å². The van der Waals surface area contributed by atoms with Crippen LogP contribution in [0, 0.1) is 28.6 Å². The Morgan fingerprint density at radius 1 is 1.23 bits per heavy atom. The van der Waals surface area contributed by atoms with Crippen molar-refractivity contribution in [1.82, 2.24) is 14.7 Å². The van der Waals surface area contributed by atoms with E-state index in [1.807, 2.05) is 48.9 Å². The molecule has 2 saturated heterocycles. The highest BCUT2D eigenvalue weighted by molar-refractivity contribution is 5.85. The molecule has 0 spiro atoms. The first-order chi connectivity index (χ1) is 16.9. The summed E-state index contributed by atoms with van der Waals surface area (Å²) in [7, 11) is 1.86. The molecule has 1 aromatic carbocycles. The van der Waals surface area contributed by atoms with Crippen LogP contribution in [0.25, 0.3) is 0 Å². The van der Waals surface area contributed by atoms with Gasteiger partial charge in [-0.2, -0.15) is 10.5 Å². The summed E-state index contributed by atoms with van der Waals surface area (Å²) in [5.41, 5.74) is 9.27.